The second kappa shape index (κ2) is 51.0. The first-order valence-corrected chi connectivity index (χ1v) is 49.5. The Labute approximate surface area is 800 Å². The second-order valence-electron chi connectivity index (χ2n) is 33.4. The summed E-state index contributed by atoms with van der Waals surface area (Å²) in [6.45, 7) is 21.6. The number of nitrogens with zero attached hydrogens (tertiary/aromatic N) is 4. The van der Waals surface area contributed by atoms with Crippen LogP contribution in [-0.4, -0.2) is 87.5 Å². The van der Waals surface area contributed by atoms with Crippen molar-refractivity contribution in [1.82, 2.24) is 9.80 Å². The van der Waals surface area contributed by atoms with Gasteiger partial charge in [-0.1, -0.05) is 392 Å². The fraction of sp³-hybridized carbons (Fsp3) is 0.182. The van der Waals surface area contributed by atoms with Gasteiger partial charge in [0, 0.05) is 75.3 Å². The maximum absolute atomic E-state index is 12.1. The van der Waals surface area contributed by atoms with Crippen LogP contribution in [0.5, 0.6) is 0 Å². The second-order valence-corrected chi connectivity index (χ2v) is 43.2. The fourth-order valence-corrected chi connectivity index (χ4v) is 23.4. The molecule has 3 aliphatic rings. The normalized spacial score (nSPS) is 13.5. The van der Waals surface area contributed by atoms with Crippen LogP contribution in [0.4, 0.5) is 21.0 Å². The number of rotatable bonds is 16. The molecule has 1 saturated heterocycles. The molecule has 0 unspecified atom stereocenters. The van der Waals surface area contributed by atoms with Crippen molar-refractivity contribution in [3.63, 3.8) is 0 Å². The predicted molar refractivity (Wildman–Crippen MR) is 551 cm³/mol. The van der Waals surface area contributed by atoms with E-state index in [1.165, 1.54) is 87.9 Å². The molecule has 0 bridgehead atoms. The first-order chi connectivity index (χ1) is 62.7. The Hall–Kier alpha value is -11.3. The number of carbonyl (C=O) groups is 2. The largest absolute Gasteiger partial charge is 0.490 e. The number of carbonyl (C=O) groups excluding carboxylic acids is 2. The summed E-state index contributed by atoms with van der Waals surface area (Å²) >= 11 is 3.17. The van der Waals surface area contributed by atoms with Gasteiger partial charge < -0.3 is 28.6 Å². The smallest absolute Gasteiger partial charge is 0.444 e. The molecule has 0 aliphatic carbocycles. The minimum Gasteiger partial charge on any atom is -0.444 e. The third-order valence-electron chi connectivity index (χ3n) is 21.0. The Kier molecular flexibility index (Phi) is 39.6. The molecule has 672 valence electrons. The van der Waals surface area contributed by atoms with E-state index in [1.807, 2.05) is 81.4 Å². The van der Waals surface area contributed by atoms with Gasteiger partial charge in [-0.15, -0.1) is 0 Å². The van der Waals surface area contributed by atoms with E-state index in [4.69, 9.17) is 18.8 Å². The maximum atomic E-state index is 12.1. The van der Waals surface area contributed by atoms with Crippen molar-refractivity contribution in [2.45, 2.75) is 104 Å². The Morgan fingerprint density at radius 2 is 0.542 bits per heavy atom. The Morgan fingerprint density at radius 3 is 0.725 bits per heavy atom. The molecule has 0 aromatic heterocycles. The van der Waals surface area contributed by atoms with Gasteiger partial charge >= 0.3 is 19.3 Å². The molecule has 3 heterocycles. The number of nitro benzene ring substituents is 2. The monoisotopic (exact) mass is 1970 g/mol. The SMILES string of the molecule is CC(C)(C)OC(=O)N1CC=C(B2OC(C)(C)C(C)(C)O2)CC1.CC(C)(C)OC(=O)N1CC=C(c2ccc([N+](=O)[O-])cc2)CC1.O=[N+]([O-])c1ccc(Br)cc1.[Pd].c1ccc(P(c2ccccc2)c2ccccc2)cc1.c1ccc(P(c2ccccc2)c2ccccc2)cc1.c1ccc(P(c2ccccc2)c2ccccc2)cc1.c1ccc(P(c2ccccc2)c2ccccc2)cc1. The van der Waals surface area contributed by atoms with Crippen molar-refractivity contribution < 1.29 is 58.6 Å². The van der Waals surface area contributed by atoms with Crippen LogP contribution in [0.15, 0.2) is 435 Å². The van der Waals surface area contributed by atoms with Gasteiger partial charge in [0.25, 0.3) is 11.4 Å². The van der Waals surface area contributed by atoms with E-state index in [0.717, 1.165) is 27.5 Å². The van der Waals surface area contributed by atoms with Gasteiger partial charge in [-0.3, -0.25) is 20.2 Å². The Morgan fingerprint density at radius 1 is 0.336 bits per heavy atom. The van der Waals surface area contributed by atoms with Crippen molar-refractivity contribution in [3.8, 4) is 0 Å². The summed E-state index contributed by atoms with van der Waals surface area (Å²) in [4.78, 5) is 47.3. The maximum Gasteiger partial charge on any atom is 0.490 e. The summed E-state index contributed by atoms with van der Waals surface area (Å²) in [5.41, 5.74) is 1.72. The number of nitro groups is 2. The molecule has 0 N–H and O–H groups in total. The van der Waals surface area contributed by atoms with Crippen LogP contribution in [0.25, 0.3) is 5.57 Å². The average molecular weight is 1970 g/mol. The Balaban J connectivity index is 0.000000160. The zero-order valence-electron chi connectivity index (χ0n) is 75.6. The van der Waals surface area contributed by atoms with Crippen LogP contribution in [-0.2, 0) is 39.2 Å². The molecule has 2 amide bonds. The summed E-state index contributed by atoms with van der Waals surface area (Å²) in [5.74, 6) is 0. The zero-order valence-corrected chi connectivity index (χ0v) is 82.3. The van der Waals surface area contributed by atoms with E-state index < -0.39 is 52.7 Å². The van der Waals surface area contributed by atoms with Gasteiger partial charge in [-0.25, -0.2) is 9.59 Å². The molecule has 131 heavy (non-hydrogen) atoms. The summed E-state index contributed by atoms with van der Waals surface area (Å²) < 4.78 is 23.7. The molecule has 0 atom stereocenters. The third-order valence-corrected chi connectivity index (χ3v) is 31.3. The van der Waals surface area contributed by atoms with Crippen molar-refractivity contribution in [2.75, 3.05) is 26.2 Å². The minimum absolute atomic E-state index is 0. The Bertz CT molecular complexity index is 4980. The number of benzene rings is 14. The van der Waals surface area contributed by atoms with Gasteiger partial charge in [0.1, 0.15) is 11.2 Å². The summed E-state index contributed by atoms with van der Waals surface area (Å²) in [6, 6.07) is 142. The van der Waals surface area contributed by atoms with Crippen LogP contribution in [0, 0.1) is 20.2 Å². The van der Waals surface area contributed by atoms with Crippen LogP contribution >= 0.6 is 47.6 Å². The number of hydrogen-bond acceptors (Lipinski definition) is 10. The van der Waals surface area contributed by atoms with Gasteiger partial charge in [0.15, 0.2) is 0 Å². The topological polar surface area (TPSA) is 164 Å². The van der Waals surface area contributed by atoms with E-state index in [2.05, 4.69) is 380 Å². The van der Waals surface area contributed by atoms with E-state index in [1.54, 1.807) is 34.1 Å². The third kappa shape index (κ3) is 31.8. The molecule has 0 spiro atoms. The quantitative estimate of drug-likeness (QED) is 0.0394. The standard InChI is InChI=1S/4C18H15P.C16H28BNO4.C16H20N2O4.C6H4BrNO2.Pd/c4*1-4-10-16(11-5-1)19(17-12-6-2-7-13-17)18-14-8-3-9-15-18;1-14(2,3)20-13(19)18-10-8-12(9-11-18)17-21-15(4,5)16(6,7)22-17;1-16(2,3)22-15(19)17-10-8-13(9-11-17)12-4-6-14(7-5-12)18(20)21;7-5-1-3-6(4-2-5)8(9)10;/h4*1-15H;8H,9-11H2,1-7H3;4-8H,9-11H2,1-3H3;1-4H;. The number of halogens is 1. The van der Waals surface area contributed by atoms with Crippen LogP contribution in [0.1, 0.15) is 87.6 Å². The van der Waals surface area contributed by atoms with Crippen molar-refractivity contribution in [3.05, 3.63) is 460 Å². The molecular formula is C110H112BBrN4O10P4Pd. The molecule has 21 heteroatoms. The van der Waals surface area contributed by atoms with Gasteiger partial charge in [-0.05, 0) is 218 Å². The molecule has 14 aromatic carbocycles. The molecule has 14 aromatic rings. The zero-order chi connectivity index (χ0) is 92.3. The molecule has 0 radical (unpaired) electrons. The van der Waals surface area contributed by atoms with Crippen LogP contribution < -0.4 is 63.7 Å². The number of ether oxygens (including phenoxy) is 2. The molecule has 14 nitrogen and oxygen atoms in total. The number of hydrogen-bond donors (Lipinski definition) is 0. The van der Waals surface area contributed by atoms with E-state index in [-0.39, 0.29) is 62.3 Å². The van der Waals surface area contributed by atoms with Crippen LogP contribution in [0.2, 0.25) is 0 Å². The molecule has 1 fully saturated rings. The first-order valence-electron chi connectivity index (χ1n) is 43.3. The van der Waals surface area contributed by atoms with Gasteiger partial charge in [0.05, 0.1) is 21.0 Å². The van der Waals surface area contributed by atoms with E-state index >= 15 is 0 Å². The van der Waals surface area contributed by atoms with Gasteiger partial charge in [-0.2, -0.15) is 0 Å². The molecule has 3 aliphatic heterocycles. The van der Waals surface area contributed by atoms with Crippen molar-refractivity contribution >= 4 is 148 Å². The molecular weight excluding hydrogens is 1860 g/mol. The van der Waals surface area contributed by atoms with Gasteiger partial charge in [0.2, 0.25) is 0 Å². The number of non-ortho nitro benzene ring substituents is 2. The van der Waals surface area contributed by atoms with E-state index in [9.17, 15) is 29.8 Å². The van der Waals surface area contributed by atoms with Crippen LogP contribution in [0.3, 0.4) is 0 Å². The average Bonchev–Trinajstić information content (AvgIpc) is 1.64. The fourth-order valence-electron chi connectivity index (χ4n) is 13.9. The number of amides is 2. The van der Waals surface area contributed by atoms with E-state index in [0.29, 0.717) is 32.6 Å². The summed E-state index contributed by atoms with van der Waals surface area (Å²) in [7, 11) is -2.10. The minimum atomic E-state index is -0.501. The first kappa shape index (κ1) is 102. The van der Waals surface area contributed by atoms with Crippen molar-refractivity contribution in [1.29, 1.82) is 0 Å². The molecule has 0 saturated carbocycles. The molecule has 17 rings (SSSR count). The van der Waals surface area contributed by atoms with Crippen molar-refractivity contribution in [2.24, 2.45) is 0 Å². The predicted octanol–water partition coefficient (Wildman–Crippen LogP) is 22.9. The summed E-state index contributed by atoms with van der Waals surface area (Å²) in [6.07, 6.45) is 4.86. The summed E-state index contributed by atoms with van der Waals surface area (Å²) in [5, 5.41) is 37.5.